The zero-order chi connectivity index (χ0) is 20.9. The normalized spacial score (nSPS) is 18.0. The molecule has 0 bridgehead atoms. The maximum absolute atomic E-state index is 12.2. The Morgan fingerprint density at radius 3 is 2.83 bits per heavy atom. The highest BCUT2D eigenvalue weighted by Crippen LogP contribution is 2.28. The summed E-state index contributed by atoms with van der Waals surface area (Å²) in [5.74, 6) is 1.81. The number of hydrogen-bond donors (Lipinski definition) is 2. The first-order chi connectivity index (χ1) is 14.6. The molecule has 1 unspecified atom stereocenters. The predicted molar refractivity (Wildman–Crippen MR) is 110 cm³/mol. The highest BCUT2D eigenvalue weighted by atomic mass is 16.1. The van der Waals surface area contributed by atoms with E-state index >= 15 is 0 Å². The second-order valence-electron chi connectivity index (χ2n) is 7.30. The number of rotatable bonds is 6. The second kappa shape index (κ2) is 8.65. The lowest BCUT2D eigenvalue weighted by molar-refractivity contribution is 0.569. The molecule has 4 rings (SSSR count). The van der Waals surface area contributed by atoms with Gasteiger partial charge in [0, 0.05) is 18.8 Å². The van der Waals surface area contributed by atoms with Gasteiger partial charge in [-0.1, -0.05) is 0 Å². The minimum absolute atomic E-state index is 0.0460. The molecule has 0 amide bonds. The van der Waals surface area contributed by atoms with E-state index in [1.54, 1.807) is 18.5 Å². The molecular weight excluding hydrogens is 382 g/mol. The van der Waals surface area contributed by atoms with Crippen molar-refractivity contribution in [1.82, 2.24) is 29.9 Å². The van der Waals surface area contributed by atoms with E-state index in [4.69, 9.17) is 5.26 Å². The summed E-state index contributed by atoms with van der Waals surface area (Å²) in [5.41, 5.74) is 0.900. The van der Waals surface area contributed by atoms with Crippen LogP contribution in [0.1, 0.15) is 30.5 Å². The molecule has 1 aliphatic carbocycles. The standard InChI is InChI=1S/C20H21N9O/c1-13-10-23-20(28-27-13)24-11-14-2-3-16(8-14)26-18-5-4-17(12-22-18)29-19(30)15(9-21)6-7-25-29/h4-7,10,12,14,16H,2-3,8,11H2,1H3,(H,22,26)(H,23,24,28)/t14?,16-/m0/s1. The monoisotopic (exact) mass is 403 g/mol. The second-order valence-corrected chi connectivity index (χ2v) is 7.30. The molecule has 2 N–H and O–H groups in total. The molecule has 2 atom stereocenters. The molecule has 3 aromatic heterocycles. The number of aryl methyl sites for hydroxylation is 1. The number of nitriles is 1. The van der Waals surface area contributed by atoms with Crippen LogP contribution in [0.2, 0.25) is 0 Å². The molecule has 10 heteroatoms. The third kappa shape index (κ3) is 4.41. The van der Waals surface area contributed by atoms with Crippen LogP contribution in [0.4, 0.5) is 11.8 Å². The van der Waals surface area contributed by atoms with E-state index in [1.807, 2.05) is 19.1 Å². The lowest BCUT2D eigenvalue weighted by atomic mass is 10.1. The quantitative estimate of drug-likeness (QED) is 0.630. The molecule has 0 saturated heterocycles. The van der Waals surface area contributed by atoms with Gasteiger partial charge >= 0.3 is 0 Å². The summed E-state index contributed by atoms with van der Waals surface area (Å²) < 4.78 is 1.18. The van der Waals surface area contributed by atoms with Crippen molar-refractivity contribution in [2.45, 2.75) is 32.2 Å². The van der Waals surface area contributed by atoms with Crippen LogP contribution in [0.25, 0.3) is 5.69 Å². The summed E-state index contributed by atoms with van der Waals surface area (Å²) in [6.45, 7) is 2.66. The van der Waals surface area contributed by atoms with Crippen molar-refractivity contribution in [2.75, 3.05) is 17.2 Å². The minimum atomic E-state index is -0.457. The van der Waals surface area contributed by atoms with E-state index in [2.05, 4.69) is 35.9 Å². The molecule has 0 aliphatic heterocycles. The third-order valence-corrected chi connectivity index (χ3v) is 5.08. The van der Waals surface area contributed by atoms with Gasteiger partial charge in [0.25, 0.3) is 5.56 Å². The molecule has 30 heavy (non-hydrogen) atoms. The Morgan fingerprint density at radius 2 is 2.10 bits per heavy atom. The van der Waals surface area contributed by atoms with Gasteiger partial charge in [0.2, 0.25) is 5.95 Å². The molecule has 1 aliphatic rings. The van der Waals surface area contributed by atoms with Gasteiger partial charge in [-0.2, -0.15) is 20.1 Å². The average Bonchev–Trinajstić information content (AvgIpc) is 3.21. The Morgan fingerprint density at radius 1 is 1.20 bits per heavy atom. The van der Waals surface area contributed by atoms with Crippen LogP contribution in [0.3, 0.4) is 0 Å². The smallest absolute Gasteiger partial charge is 0.289 e. The van der Waals surface area contributed by atoms with E-state index in [0.717, 1.165) is 37.3 Å². The summed E-state index contributed by atoms with van der Waals surface area (Å²) in [6.07, 6.45) is 7.87. The zero-order valence-corrected chi connectivity index (χ0v) is 16.5. The van der Waals surface area contributed by atoms with Gasteiger partial charge in [-0.25, -0.2) is 9.97 Å². The van der Waals surface area contributed by atoms with E-state index in [-0.39, 0.29) is 5.56 Å². The number of nitrogens with zero attached hydrogens (tertiary/aromatic N) is 7. The molecule has 3 heterocycles. The maximum atomic E-state index is 12.2. The number of aromatic nitrogens is 6. The Hall–Kier alpha value is -3.87. The van der Waals surface area contributed by atoms with Crippen LogP contribution in [-0.4, -0.2) is 42.5 Å². The Labute approximate surface area is 173 Å². The van der Waals surface area contributed by atoms with E-state index in [1.165, 1.54) is 16.9 Å². The molecule has 0 radical (unpaired) electrons. The van der Waals surface area contributed by atoms with Crippen LogP contribution in [0.15, 0.2) is 41.6 Å². The summed E-state index contributed by atoms with van der Waals surface area (Å²) >= 11 is 0. The van der Waals surface area contributed by atoms with Crippen LogP contribution in [0, 0.1) is 24.2 Å². The largest absolute Gasteiger partial charge is 0.367 e. The minimum Gasteiger partial charge on any atom is -0.367 e. The summed E-state index contributed by atoms with van der Waals surface area (Å²) in [4.78, 5) is 20.8. The highest BCUT2D eigenvalue weighted by molar-refractivity contribution is 5.42. The summed E-state index contributed by atoms with van der Waals surface area (Å²) in [6, 6.07) is 7.18. The van der Waals surface area contributed by atoms with Crippen molar-refractivity contribution in [3.05, 3.63) is 58.4 Å². The van der Waals surface area contributed by atoms with Crippen LogP contribution in [-0.2, 0) is 0 Å². The van der Waals surface area contributed by atoms with E-state index in [0.29, 0.717) is 23.6 Å². The van der Waals surface area contributed by atoms with Gasteiger partial charge in [0.1, 0.15) is 17.5 Å². The van der Waals surface area contributed by atoms with Crippen molar-refractivity contribution in [1.29, 1.82) is 5.26 Å². The van der Waals surface area contributed by atoms with E-state index in [9.17, 15) is 4.79 Å². The predicted octanol–water partition coefficient (Wildman–Crippen LogP) is 1.69. The molecule has 1 fully saturated rings. The van der Waals surface area contributed by atoms with Crippen molar-refractivity contribution in [3.8, 4) is 11.8 Å². The molecule has 10 nitrogen and oxygen atoms in total. The van der Waals surface area contributed by atoms with E-state index < -0.39 is 5.56 Å². The molecule has 0 spiro atoms. The first-order valence-electron chi connectivity index (χ1n) is 9.74. The molecule has 3 aromatic rings. The van der Waals surface area contributed by atoms with Crippen molar-refractivity contribution in [2.24, 2.45) is 5.92 Å². The van der Waals surface area contributed by atoms with Gasteiger partial charge in [-0.15, -0.1) is 5.10 Å². The average molecular weight is 403 g/mol. The van der Waals surface area contributed by atoms with Gasteiger partial charge < -0.3 is 10.6 Å². The van der Waals surface area contributed by atoms with Crippen molar-refractivity contribution >= 4 is 11.8 Å². The fourth-order valence-electron chi connectivity index (χ4n) is 3.53. The Bertz CT molecular complexity index is 1100. The molecule has 1 saturated carbocycles. The fourth-order valence-corrected chi connectivity index (χ4v) is 3.53. The lowest BCUT2D eigenvalue weighted by Gasteiger charge is -2.15. The molecule has 0 aromatic carbocycles. The van der Waals surface area contributed by atoms with Gasteiger partial charge in [0.05, 0.1) is 23.8 Å². The Kier molecular flexibility index (Phi) is 5.61. The maximum Gasteiger partial charge on any atom is 0.289 e. The van der Waals surface area contributed by atoms with Crippen LogP contribution < -0.4 is 16.2 Å². The first-order valence-corrected chi connectivity index (χ1v) is 9.74. The van der Waals surface area contributed by atoms with Crippen LogP contribution in [0.5, 0.6) is 0 Å². The van der Waals surface area contributed by atoms with Gasteiger partial charge in [-0.05, 0) is 50.3 Å². The van der Waals surface area contributed by atoms with Crippen molar-refractivity contribution in [3.63, 3.8) is 0 Å². The summed E-state index contributed by atoms with van der Waals surface area (Å²) in [5, 5.41) is 27.7. The van der Waals surface area contributed by atoms with Gasteiger partial charge in [-0.3, -0.25) is 4.79 Å². The fraction of sp³-hybridized carbons (Fsp3) is 0.350. The SMILES string of the molecule is Cc1cnc(NCC2CC[C@H](Nc3ccc(-n4nccc(C#N)c4=O)cn3)C2)nn1. The number of nitrogens with one attached hydrogen (secondary N) is 2. The third-order valence-electron chi connectivity index (χ3n) is 5.08. The number of pyridine rings is 1. The zero-order valence-electron chi connectivity index (χ0n) is 16.5. The topological polar surface area (TPSA) is 134 Å². The van der Waals surface area contributed by atoms with Crippen LogP contribution >= 0.6 is 0 Å². The molecular formula is C20H21N9O. The first kappa shape index (κ1) is 19.4. The Balaban J connectivity index is 1.33. The summed E-state index contributed by atoms with van der Waals surface area (Å²) in [7, 11) is 0. The lowest BCUT2D eigenvalue weighted by Crippen LogP contribution is -2.23. The molecule has 152 valence electrons. The van der Waals surface area contributed by atoms with Crippen molar-refractivity contribution < 1.29 is 0 Å². The number of hydrogen-bond acceptors (Lipinski definition) is 9. The van der Waals surface area contributed by atoms with Gasteiger partial charge in [0.15, 0.2) is 0 Å². The number of anilines is 2. The highest BCUT2D eigenvalue weighted by Gasteiger charge is 2.25.